The Kier molecular flexibility index (Phi) is 9.49. The standard InChI is InChI=1S/2C14H14ClNO2S/c2*1-10-7-11(2)9-13(8-10)16-19(17,18)14-5-3-12(15)4-6-14/h2*3-9,16H,1-2H3. The van der Waals surface area contributed by atoms with E-state index in [0.29, 0.717) is 21.4 Å². The maximum Gasteiger partial charge on any atom is 0.261 e. The molecule has 200 valence electrons. The minimum absolute atomic E-state index is 0.191. The molecule has 6 nitrogen and oxygen atoms in total. The molecule has 0 aliphatic carbocycles. The first-order valence-corrected chi connectivity index (χ1v) is 15.2. The molecule has 0 saturated heterocycles. The number of anilines is 2. The van der Waals surface area contributed by atoms with Crippen LogP contribution in [0.3, 0.4) is 0 Å². The Morgan fingerprint density at radius 3 is 1.00 bits per heavy atom. The molecule has 0 bridgehead atoms. The topological polar surface area (TPSA) is 92.3 Å². The van der Waals surface area contributed by atoms with Gasteiger partial charge in [0.05, 0.1) is 9.79 Å². The van der Waals surface area contributed by atoms with E-state index in [-0.39, 0.29) is 9.79 Å². The molecule has 0 spiro atoms. The van der Waals surface area contributed by atoms with Crippen molar-refractivity contribution in [3.05, 3.63) is 117 Å². The second-order valence-corrected chi connectivity index (χ2v) is 13.1. The zero-order valence-electron chi connectivity index (χ0n) is 21.3. The highest BCUT2D eigenvalue weighted by Crippen LogP contribution is 2.21. The van der Waals surface area contributed by atoms with Gasteiger partial charge in [0.25, 0.3) is 20.0 Å². The second-order valence-electron chi connectivity index (χ2n) is 8.87. The normalized spacial score (nSPS) is 11.3. The monoisotopic (exact) mass is 590 g/mol. The predicted molar refractivity (Wildman–Crippen MR) is 156 cm³/mol. The van der Waals surface area contributed by atoms with Crippen LogP contribution in [0.25, 0.3) is 0 Å². The molecule has 0 aliphatic heterocycles. The predicted octanol–water partition coefficient (Wildman–Crippen LogP) is 7.52. The van der Waals surface area contributed by atoms with E-state index in [1.54, 1.807) is 48.5 Å². The summed E-state index contributed by atoms with van der Waals surface area (Å²) in [4.78, 5) is 0.382. The summed E-state index contributed by atoms with van der Waals surface area (Å²) < 4.78 is 53.9. The first kappa shape index (κ1) is 29.5. The highest BCUT2D eigenvalue weighted by molar-refractivity contribution is 7.93. The molecule has 2 N–H and O–H groups in total. The van der Waals surface area contributed by atoms with E-state index < -0.39 is 20.0 Å². The SMILES string of the molecule is Cc1cc(C)cc(NS(=O)(=O)c2ccc(Cl)cc2)c1.Cc1cc(C)cc(NS(=O)(=O)c2ccc(Cl)cc2)c1. The summed E-state index contributed by atoms with van der Waals surface area (Å²) in [5, 5.41) is 1.01. The molecule has 0 radical (unpaired) electrons. The minimum atomic E-state index is -3.57. The average Bonchev–Trinajstić information content (AvgIpc) is 2.78. The lowest BCUT2D eigenvalue weighted by molar-refractivity contribution is 0.599. The van der Waals surface area contributed by atoms with Gasteiger partial charge in [-0.15, -0.1) is 0 Å². The van der Waals surface area contributed by atoms with E-state index in [4.69, 9.17) is 23.2 Å². The summed E-state index contributed by atoms with van der Waals surface area (Å²) in [6.45, 7) is 7.69. The first-order chi connectivity index (χ1) is 17.7. The highest BCUT2D eigenvalue weighted by atomic mass is 35.5. The Morgan fingerprint density at radius 2 is 0.737 bits per heavy atom. The lowest BCUT2D eigenvalue weighted by atomic mass is 10.1. The van der Waals surface area contributed by atoms with Gasteiger partial charge in [0, 0.05) is 21.4 Å². The molecule has 4 aromatic carbocycles. The first-order valence-electron chi connectivity index (χ1n) is 11.5. The summed E-state index contributed by atoms with van der Waals surface area (Å²) in [5.74, 6) is 0. The molecule has 10 heteroatoms. The molecule has 0 unspecified atom stereocenters. The van der Waals surface area contributed by atoms with Crippen molar-refractivity contribution in [3.8, 4) is 0 Å². The quantitative estimate of drug-likeness (QED) is 0.243. The largest absolute Gasteiger partial charge is 0.280 e. The van der Waals surface area contributed by atoms with Gasteiger partial charge in [0.1, 0.15) is 0 Å². The van der Waals surface area contributed by atoms with Gasteiger partial charge < -0.3 is 0 Å². The fraction of sp³-hybridized carbons (Fsp3) is 0.143. The van der Waals surface area contributed by atoms with Crippen LogP contribution in [0.15, 0.2) is 94.7 Å². The molecule has 0 heterocycles. The van der Waals surface area contributed by atoms with Crippen LogP contribution in [0, 0.1) is 27.7 Å². The number of hydrogen-bond acceptors (Lipinski definition) is 4. The molecule has 0 amide bonds. The lowest BCUT2D eigenvalue weighted by Crippen LogP contribution is -2.13. The summed E-state index contributed by atoms with van der Waals surface area (Å²) in [5.41, 5.74) is 5.16. The fourth-order valence-corrected chi connectivity index (χ4v) is 6.06. The zero-order valence-corrected chi connectivity index (χ0v) is 24.4. The van der Waals surface area contributed by atoms with Gasteiger partial charge in [-0.2, -0.15) is 0 Å². The Labute approximate surface area is 234 Å². The third-order valence-corrected chi connectivity index (χ3v) is 8.49. The van der Waals surface area contributed by atoms with Crippen LogP contribution < -0.4 is 9.44 Å². The average molecular weight is 592 g/mol. The summed E-state index contributed by atoms with van der Waals surface area (Å²) in [6.07, 6.45) is 0. The Hall–Kier alpha value is -3.04. The van der Waals surface area contributed by atoms with Crippen LogP contribution >= 0.6 is 23.2 Å². The number of sulfonamides is 2. The van der Waals surface area contributed by atoms with Crippen LogP contribution in [0.2, 0.25) is 10.0 Å². The van der Waals surface area contributed by atoms with Crippen LogP contribution in [-0.2, 0) is 20.0 Å². The minimum Gasteiger partial charge on any atom is -0.280 e. The van der Waals surface area contributed by atoms with E-state index >= 15 is 0 Å². The Balaban J connectivity index is 0.000000211. The van der Waals surface area contributed by atoms with Gasteiger partial charge in [-0.25, -0.2) is 16.8 Å². The Bertz CT molecular complexity index is 1470. The number of rotatable bonds is 6. The number of aryl methyl sites for hydroxylation is 4. The van der Waals surface area contributed by atoms with Crippen molar-refractivity contribution in [1.29, 1.82) is 0 Å². The van der Waals surface area contributed by atoms with Crippen molar-refractivity contribution >= 4 is 54.6 Å². The van der Waals surface area contributed by atoms with Crippen LogP contribution in [0.5, 0.6) is 0 Å². The third-order valence-electron chi connectivity index (χ3n) is 5.20. The number of benzene rings is 4. The number of halogens is 2. The van der Waals surface area contributed by atoms with Crippen molar-refractivity contribution < 1.29 is 16.8 Å². The Morgan fingerprint density at radius 1 is 0.474 bits per heavy atom. The van der Waals surface area contributed by atoms with E-state index in [1.807, 2.05) is 39.8 Å². The highest BCUT2D eigenvalue weighted by Gasteiger charge is 2.15. The van der Waals surface area contributed by atoms with Gasteiger partial charge in [0.2, 0.25) is 0 Å². The molecule has 38 heavy (non-hydrogen) atoms. The van der Waals surface area contributed by atoms with Gasteiger partial charge in [-0.1, -0.05) is 35.3 Å². The molecule has 4 aromatic rings. The van der Waals surface area contributed by atoms with E-state index in [0.717, 1.165) is 22.3 Å². The summed E-state index contributed by atoms with van der Waals surface area (Å²) in [7, 11) is -7.14. The van der Waals surface area contributed by atoms with Crippen molar-refractivity contribution in [1.82, 2.24) is 0 Å². The van der Waals surface area contributed by atoms with E-state index in [9.17, 15) is 16.8 Å². The smallest absolute Gasteiger partial charge is 0.261 e. The van der Waals surface area contributed by atoms with Crippen LogP contribution in [0.4, 0.5) is 11.4 Å². The molecule has 0 atom stereocenters. The van der Waals surface area contributed by atoms with Gasteiger partial charge in [-0.3, -0.25) is 9.44 Å². The molecule has 4 rings (SSSR count). The molecule has 0 fully saturated rings. The van der Waals surface area contributed by atoms with E-state index in [1.165, 1.54) is 24.3 Å². The van der Waals surface area contributed by atoms with Crippen molar-refractivity contribution in [3.63, 3.8) is 0 Å². The molecular formula is C28H28Cl2N2O4S2. The summed E-state index contributed by atoms with van der Waals surface area (Å²) in [6, 6.07) is 23.3. The maximum atomic E-state index is 12.2. The van der Waals surface area contributed by atoms with Gasteiger partial charge in [0.15, 0.2) is 0 Å². The molecule has 0 aromatic heterocycles. The van der Waals surface area contributed by atoms with Gasteiger partial charge in [-0.05, 0) is 123 Å². The van der Waals surface area contributed by atoms with E-state index in [2.05, 4.69) is 9.44 Å². The van der Waals surface area contributed by atoms with Crippen LogP contribution in [-0.4, -0.2) is 16.8 Å². The third kappa shape index (κ3) is 8.49. The van der Waals surface area contributed by atoms with Gasteiger partial charge >= 0.3 is 0 Å². The van der Waals surface area contributed by atoms with Crippen molar-refractivity contribution in [2.24, 2.45) is 0 Å². The maximum absolute atomic E-state index is 12.2. The second kappa shape index (κ2) is 12.2. The molecule has 0 aliphatic rings. The fourth-order valence-electron chi connectivity index (χ4n) is 3.72. The lowest BCUT2D eigenvalue weighted by Gasteiger charge is -2.09. The van der Waals surface area contributed by atoms with Crippen LogP contribution in [0.1, 0.15) is 22.3 Å². The van der Waals surface area contributed by atoms with Crippen molar-refractivity contribution in [2.75, 3.05) is 9.44 Å². The number of nitrogens with one attached hydrogen (secondary N) is 2. The molecule has 0 saturated carbocycles. The zero-order chi connectivity index (χ0) is 28.1. The number of hydrogen-bond donors (Lipinski definition) is 2. The summed E-state index contributed by atoms with van der Waals surface area (Å²) >= 11 is 11.5. The molecular weight excluding hydrogens is 563 g/mol. The van der Waals surface area contributed by atoms with Crippen molar-refractivity contribution in [2.45, 2.75) is 37.5 Å².